The van der Waals surface area contributed by atoms with Crippen LogP contribution in [0.25, 0.3) is 0 Å². The third-order valence-corrected chi connectivity index (χ3v) is 3.93. The summed E-state index contributed by atoms with van der Waals surface area (Å²) in [6.45, 7) is 16.2. The van der Waals surface area contributed by atoms with Crippen LogP contribution < -0.4 is 5.73 Å². The smallest absolute Gasteiger partial charge is 0.0193 e. The molecule has 0 bridgehead atoms. The normalized spacial score (nSPS) is 22.9. The summed E-state index contributed by atoms with van der Waals surface area (Å²) >= 11 is 0. The maximum Gasteiger partial charge on any atom is 0.0193 e. The fraction of sp³-hybridized carbons (Fsp3) is 1.00. The SMILES string of the molecule is CC[C@@H](C)[C@H](N)CN1CCN(CC(C)C)CC1. The Morgan fingerprint density at radius 2 is 1.41 bits per heavy atom. The molecule has 2 N–H and O–H groups in total. The van der Waals surface area contributed by atoms with Crippen LogP contribution in [0.2, 0.25) is 0 Å². The lowest BCUT2D eigenvalue weighted by Gasteiger charge is -2.37. The highest BCUT2D eigenvalue weighted by molar-refractivity contribution is 4.78. The first-order valence-corrected chi connectivity index (χ1v) is 7.23. The molecule has 0 amide bonds. The van der Waals surface area contributed by atoms with E-state index >= 15 is 0 Å². The lowest BCUT2D eigenvalue weighted by atomic mass is 9.99. The molecule has 1 saturated heterocycles. The van der Waals surface area contributed by atoms with Gasteiger partial charge in [-0.1, -0.05) is 34.1 Å². The predicted molar refractivity (Wildman–Crippen MR) is 75.1 cm³/mol. The van der Waals surface area contributed by atoms with Crippen LogP contribution >= 0.6 is 0 Å². The Morgan fingerprint density at radius 3 is 1.82 bits per heavy atom. The Bertz CT molecular complexity index is 198. The molecule has 0 aromatic rings. The maximum absolute atomic E-state index is 6.22. The third-order valence-electron chi connectivity index (χ3n) is 3.93. The lowest BCUT2D eigenvalue weighted by molar-refractivity contribution is 0.112. The van der Waals surface area contributed by atoms with E-state index in [-0.39, 0.29) is 0 Å². The summed E-state index contributed by atoms with van der Waals surface area (Å²) in [5, 5.41) is 0. The average Bonchev–Trinajstić information content (AvgIpc) is 2.30. The molecule has 3 heteroatoms. The van der Waals surface area contributed by atoms with Crippen LogP contribution in [0.4, 0.5) is 0 Å². The Balaban J connectivity index is 2.23. The largest absolute Gasteiger partial charge is 0.326 e. The number of nitrogens with zero attached hydrogens (tertiary/aromatic N) is 2. The highest BCUT2D eigenvalue weighted by Gasteiger charge is 2.20. The second kappa shape index (κ2) is 7.34. The van der Waals surface area contributed by atoms with E-state index in [1.165, 1.54) is 39.1 Å². The standard InChI is InChI=1S/C14H31N3/c1-5-13(4)14(15)11-17-8-6-16(7-9-17)10-12(2)3/h12-14H,5-11,15H2,1-4H3/t13-,14-/m1/s1. The Morgan fingerprint density at radius 1 is 0.941 bits per heavy atom. The van der Waals surface area contributed by atoms with Gasteiger partial charge in [-0.15, -0.1) is 0 Å². The molecule has 0 radical (unpaired) electrons. The molecule has 0 aliphatic carbocycles. The van der Waals surface area contributed by atoms with Crippen LogP contribution in [0, 0.1) is 11.8 Å². The van der Waals surface area contributed by atoms with E-state index in [4.69, 9.17) is 5.73 Å². The van der Waals surface area contributed by atoms with Crippen molar-refractivity contribution in [3.63, 3.8) is 0 Å². The van der Waals surface area contributed by atoms with Gasteiger partial charge in [0.15, 0.2) is 0 Å². The molecule has 1 rings (SSSR count). The van der Waals surface area contributed by atoms with Gasteiger partial charge >= 0.3 is 0 Å². The van der Waals surface area contributed by atoms with Crippen LogP contribution in [-0.2, 0) is 0 Å². The number of hydrogen-bond acceptors (Lipinski definition) is 3. The van der Waals surface area contributed by atoms with Crippen LogP contribution in [0.1, 0.15) is 34.1 Å². The minimum atomic E-state index is 0.344. The minimum Gasteiger partial charge on any atom is -0.326 e. The molecule has 0 aromatic carbocycles. The first kappa shape index (κ1) is 14.9. The van der Waals surface area contributed by atoms with Gasteiger partial charge in [-0.2, -0.15) is 0 Å². The number of hydrogen-bond donors (Lipinski definition) is 1. The Hall–Kier alpha value is -0.120. The van der Waals surface area contributed by atoms with Crippen LogP contribution in [-0.4, -0.2) is 55.1 Å². The van der Waals surface area contributed by atoms with Crippen molar-refractivity contribution >= 4 is 0 Å². The Labute approximate surface area is 107 Å². The van der Waals surface area contributed by atoms with Gasteiger partial charge in [0.2, 0.25) is 0 Å². The van der Waals surface area contributed by atoms with E-state index < -0.39 is 0 Å². The number of rotatable bonds is 6. The van der Waals surface area contributed by atoms with Gasteiger partial charge in [0.05, 0.1) is 0 Å². The maximum atomic E-state index is 6.22. The zero-order valence-corrected chi connectivity index (χ0v) is 12.2. The summed E-state index contributed by atoms with van der Waals surface area (Å²) in [7, 11) is 0. The van der Waals surface area contributed by atoms with Crippen molar-refractivity contribution in [1.29, 1.82) is 0 Å². The van der Waals surface area contributed by atoms with Crippen molar-refractivity contribution in [2.75, 3.05) is 39.3 Å². The molecule has 17 heavy (non-hydrogen) atoms. The van der Waals surface area contributed by atoms with Crippen molar-refractivity contribution in [3.8, 4) is 0 Å². The average molecular weight is 241 g/mol. The summed E-state index contributed by atoms with van der Waals surface area (Å²) in [6, 6.07) is 0.344. The number of piperazine rings is 1. The van der Waals surface area contributed by atoms with Crippen molar-refractivity contribution in [1.82, 2.24) is 9.80 Å². The first-order valence-electron chi connectivity index (χ1n) is 7.23. The van der Waals surface area contributed by atoms with E-state index in [0.717, 1.165) is 12.5 Å². The summed E-state index contributed by atoms with van der Waals surface area (Å²) in [6.07, 6.45) is 1.19. The second-order valence-electron chi connectivity index (χ2n) is 6.04. The molecular formula is C14H31N3. The van der Waals surface area contributed by atoms with Crippen molar-refractivity contribution in [2.45, 2.75) is 40.2 Å². The van der Waals surface area contributed by atoms with Gasteiger partial charge in [-0.3, -0.25) is 4.90 Å². The molecule has 1 aliphatic heterocycles. The van der Waals surface area contributed by atoms with Crippen LogP contribution in [0.5, 0.6) is 0 Å². The topological polar surface area (TPSA) is 32.5 Å². The second-order valence-corrected chi connectivity index (χ2v) is 6.04. The number of nitrogens with two attached hydrogens (primary N) is 1. The zero-order chi connectivity index (χ0) is 12.8. The van der Waals surface area contributed by atoms with Crippen molar-refractivity contribution in [2.24, 2.45) is 17.6 Å². The van der Waals surface area contributed by atoms with Crippen molar-refractivity contribution in [3.05, 3.63) is 0 Å². The third kappa shape index (κ3) is 5.36. The molecule has 0 aromatic heterocycles. The molecule has 102 valence electrons. The minimum absolute atomic E-state index is 0.344. The van der Waals surface area contributed by atoms with Crippen LogP contribution in [0.15, 0.2) is 0 Å². The molecule has 0 spiro atoms. The molecule has 2 atom stereocenters. The zero-order valence-electron chi connectivity index (χ0n) is 12.2. The lowest BCUT2D eigenvalue weighted by Crippen LogP contribution is -2.51. The van der Waals surface area contributed by atoms with E-state index in [0.29, 0.717) is 12.0 Å². The highest BCUT2D eigenvalue weighted by Crippen LogP contribution is 2.10. The summed E-state index contributed by atoms with van der Waals surface area (Å²) in [5.74, 6) is 1.42. The Kier molecular flexibility index (Phi) is 6.45. The van der Waals surface area contributed by atoms with Gasteiger partial charge < -0.3 is 10.6 Å². The van der Waals surface area contributed by atoms with Gasteiger partial charge in [-0.25, -0.2) is 0 Å². The molecule has 0 unspecified atom stereocenters. The fourth-order valence-electron chi connectivity index (χ4n) is 2.45. The molecule has 1 heterocycles. The van der Waals surface area contributed by atoms with Crippen molar-refractivity contribution < 1.29 is 0 Å². The van der Waals surface area contributed by atoms with E-state index in [2.05, 4.69) is 37.5 Å². The van der Waals surface area contributed by atoms with Gasteiger partial charge in [0, 0.05) is 45.3 Å². The fourth-order valence-corrected chi connectivity index (χ4v) is 2.45. The summed E-state index contributed by atoms with van der Waals surface area (Å²) < 4.78 is 0. The van der Waals surface area contributed by atoms with E-state index in [1.54, 1.807) is 0 Å². The molecular weight excluding hydrogens is 210 g/mol. The monoisotopic (exact) mass is 241 g/mol. The van der Waals surface area contributed by atoms with E-state index in [1.807, 2.05) is 0 Å². The molecule has 0 saturated carbocycles. The van der Waals surface area contributed by atoms with Gasteiger partial charge in [0.1, 0.15) is 0 Å². The van der Waals surface area contributed by atoms with Crippen LogP contribution in [0.3, 0.4) is 0 Å². The van der Waals surface area contributed by atoms with Gasteiger partial charge in [-0.05, 0) is 11.8 Å². The molecule has 3 nitrogen and oxygen atoms in total. The van der Waals surface area contributed by atoms with E-state index in [9.17, 15) is 0 Å². The highest BCUT2D eigenvalue weighted by atomic mass is 15.3. The molecule has 1 aliphatic rings. The summed E-state index contributed by atoms with van der Waals surface area (Å²) in [5.41, 5.74) is 6.22. The predicted octanol–water partition coefficient (Wildman–Crippen LogP) is 1.63. The quantitative estimate of drug-likeness (QED) is 0.767. The molecule has 1 fully saturated rings. The first-order chi connectivity index (χ1) is 8.02. The van der Waals surface area contributed by atoms with Gasteiger partial charge in [0.25, 0.3) is 0 Å². The summed E-state index contributed by atoms with van der Waals surface area (Å²) in [4.78, 5) is 5.11.